The van der Waals surface area contributed by atoms with Crippen LogP contribution in [0.5, 0.6) is 0 Å². The van der Waals surface area contributed by atoms with Gasteiger partial charge >= 0.3 is 0 Å². The zero-order valence-electron chi connectivity index (χ0n) is 16.1. The molecule has 5 nitrogen and oxygen atoms in total. The fourth-order valence-corrected chi connectivity index (χ4v) is 3.98. The number of amides is 1. The van der Waals surface area contributed by atoms with Crippen LogP contribution in [0.4, 0.5) is 0 Å². The van der Waals surface area contributed by atoms with Gasteiger partial charge in [-0.15, -0.1) is 0 Å². The van der Waals surface area contributed by atoms with E-state index in [1.807, 2.05) is 67.8 Å². The molecular formula is C21H26N2O3S2. The van der Waals surface area contributed by atoms with Gasteiger partial charge in [0.05, 0.1) is 0 Å². The Hall–Kier alpha value is -2.09. The maximum atomic E-state index is 12.6. The maximum absolute atomic E-state index is 12.6. The lowest BCUT2D eigenvalue weighted by Crippen LogP contribution is -2.46. The Morgan fingerprint density at radius 3 is 2.43 bits per heavy atom. The minimum absolute atomic E-state index is 0.327. The predicted molar refractivity (Wildman–Crippen MR) is 117 cm³/mol. The number of aryl methyl sites for hydroxylation is 1. The monoisotopic (exact) mass is 418 g/mol. The van der Waals surface area contributed by atoms with Crippen LogP contribution in [0.2, 0.25) is 0 Å². The molecular weight excluding hydrogens is 392 g/mol. The summed E-state index contributed by atoms with van der Waals surface area (Å²) in [5.41, 5.74) is 2.89. The Bertz CT molecular complexity index is 880. The summed E-state index contributed by atoms with van der Waals surface area (Å²) in [4.78, 5) is 12.6. The molecule has 0 heterocycles. The molecule has 0 spiro atoms. The van der Waals surface area contributed by atoms with E-state index in [4.69, 9.17) is 0 Å². The van der Waals surface area contributed by atoms with Gasteiger partial charge in [0, 0.05) is 12.0 Å². The van der Waals surface area contributed by atoms with Crippen molar-refractivity contribution in [3.05, 3.63) is 76.7 Å². The molecule has 0 bridgehead atoms. The molecule has 0 aliphatic rings. The summed E-state index contributed by atoms with van der Waals surface area (Å²) in [5, 5.41) is 3.92. The Balaban J connectivity index is 2.01. The molecule has 0 aliphatic carbocycles. The van der Waals surface area contributed by atoms with Gasteiger partial charge in [-0.05, 0) is 42.6 Å². The number of benzene rings is 2. The van der Waals surface area contributed by atoms with Gasteiger partial charge in [-0.25, -0.2) is 8.42 Å². The van der Waals surface area contributed by atoms with Crippen molar-refractivity contribution in [2.24, 2.45) is 0 Å². The Labute approximate surface area is 171 Å². The first kappa shape index (κ1) is 22.2. The van der Waals surface area contributed by atoms with Crippen LogP contribution >= 0.6 is 11.8 Å². The standard InChI is InChI=1S/C21H26N2O3S2/c1-17-8-10-19(11-9-17)16-22-21(24)20(12-14-27-2)23-28(25,26)15-13-18-6-4-3-5-7-18/h3-11,13,15,20,23H,12,14,16H2,1-2H3,(H,22,24)/b15-13+. The van der Waals surface area contributed by atoms with E-state index >= 15 is 0 Å². The van der Waals surface area contributed by atoms with Crippen LogP contribution in [-0.4, -0.2) is 32.4 Å². The fourth-order valence-electron chi connectivity index (χ4n) is 2.47. The van der Waals surface area contributed by atoms with Gasteiger partial charge < -0.3 is 5.32 Å². The normalized spacial score (nSPS) is 12.8. The van der Waals surface area contributed by atoms with Crippen LogP contribution in [0.3, 0.4) is 0 Å². The summed E-state index contributed by atoms with van der Waals surface area (Å²) < 4.78 is 27.3. The first-order valence-electron chi connectivity index (χ1n) is 8.97. The van der Waals surface area contributed by atoms with E-state index in [0.717, 1.165) is 22.1 Å². The Kier molecular flexibility index (Phi) is 8.76. The second kappa shape index (κ2) is 11.0. The zero-order chi connectivity index (χ0) is 20.4. The van der Waals surface area contributed by atoms with Crippen LogP contribution in [0.15, 0.2) is 60.0 Å². The van der Waals surface area contributed by atoms with Crippen molar-refractivity contribution < 1.29 is 13.2 Å². The third-order valence-electron chi connectivity index (χ3n) is 4.06. The maximum Gasteiger partial charge on any atom is 0.238 e. The zero-order valence-corrected chi connectivity index (χ0v) is 17.7. The van der Waals surface area contributed by atoms with Crippen molar-refractivity contribution in [1.82, 2.24) is 10.0 Å². The second-order valence-corrected chi connectivity index (χ2v) is 9.00. The van der Waals surface area contributed by atoms with Gasteiger partial charge in [0.25, 0.3) is 0 Å². The van der Waals surface area contributed by atoms with Gasteiger partial charge in [-0.2, -0.15) is 16.5 Å². The van der Waals surface area contributed by atoms with Crippen molar-refractivity contribution in [1.29, 1.82) is 0 Å². The second-order valence-electron chi connectivity index (χ2n) is 6.41. The Morgan fingerprint density at radius 2 is 1.79 bits per heavy atom. The molecule has 150 valence electrons. The predicted octanol–water partition coefficient (Wildman–Crippen LogP) is 3.32. The molecule has 7 heteroatoms. The molecule has 2 rings (SSSR count). The highest BCUT2D eigenvalue weighted by Gasteiger charge is 2.22. The lowest BCUT2D eigenvalue weighted by molar-refractivity contribution is -0.122. The lowest BCUT2D eigenvalue weighted by Gasteiger charge is -2.17. The molecule has 0 saturated heterocycles. The highest BCUT2D eigenvalue weighted by Crippen LogP contribution is 2.07. The number of hydrogen-bond donors (Lipinski definition) is 2. The van der Waals surface area contributed by atoms with Crippen LogP contribution in [0.25, 0.3) is 6.08 Å². The quantitative estimate of drug-likeness (QED) is 0.621. The molecule has 1 unspecified atom stereocenters. The number of nitrogens with one attached hydrogen (secondary N) is 2. The largest absolute Gasteiger partial charge is 0.351 e. The summed E-state index contributed by atoms with van der Waals surface area (Å²) >= 11 is 1.57. The van der Waals surface area contributed by atoms with Crippen LogP contribution < -0.4 is 10.0 Å². The first-order chi connectivity index (χ1) is 13.4. The smallest absolute Gasteiger partial charge is 0.238 e. The molecule has 0 aromatic heterocycles. The number of sulfonamides is 1. The molecule has 0 saturated carbocycles. The number of carbonyl (C=O) groups excluding carboxylic acids is 1. The molecule has 1 amide bonds. The van der Waals surface area contributed by atoms with E-state index in [-0.39, 0.29) is 5.91 Å². The van der Waals surface area contributed by atoms with Crippen molar-refractivity contribution in [2.45, 2.75) is 25.9 Å². The average molecular weight is 419 g/mol. The van der Waals surface area contributed by atoms with E-state index in [2.05, 4.69) is 10.0 Å². The van der Waals surface area contributed by atoms with E-state index in [0.29, 0.717) is 18.7 Å². The van der Waals surface area contributed by atoms with Crippen molar-refractivity contribution in [3.8, 4) is 0 Å². The van der Waals surface area contributed by atoms with Gasteiger partial charge in [0.2, 0.25) is 15.9 Å². The minimum Gasteiger partial charge on any atom is -0.351 e. The number of rotatable bonds is 10. The molecule has 0 radical (unpaired) electrons. The van der Waals surface area contributed by atoms with E-state index in [1.54, 1.807) is 11.8 Å². The minimum atomic E-state index is -3.74. The highest BCUT2D eigenvalue weighted by molar-refractivity contribution is 7.98. The van der Waals surface area contributed by atoms with Crippen LogP contribution in [-0.2, 0) is 21.4 Å². The summed E-state index contributed by atoms with van der Waals surface area (Å²) in [7, 11) is -3.74. The number of hydrogen-bond acceptors (Lipinski definition) is 4. The van der Waals surface area contributed by atoms with Gasteiger partial charge in [0.15, 0.2) is 0 Å². The molecule has 2 aromatic carbocycles. The van der Waals surface area contributed by atoms with Crippen molar-refractivity contribution in [2.75, 3.05) is 12.0 Å². The number of thioether (sulfide) groups is 1. The van der Waals surface area contributed by atoms with Gasteiger partial charge in [-0.3, -0.25) is 4.79 Å². The van der Waals surface area contributed by atoms with Gasteiger partial charge in [0.1, 0.15) is 6.04 Å². The Morgan fingerprint density at radius 1 is 1.11 bits per heavy atom. The molecule has 2 aromatic rings. The van der Waals surface area contributed by atoms with E-state index in [1.165, 1.54) is 6.08 Å². The molecule has 28 heavy (non-hydrogen) atoms. The molecule has 0 fully saturated rings. The van der Waals surface area contributed by atoms with E-state index < -0.39 is 16.1 Å². The third kappa shape index (κ3) is 7.88. The summed E-state index contributed by atoms with van der Waals surface area (Å²) in [5.74, 6) is 0.347. The molecule has 0 aliphatic heterocycles. The van der Waals surface area contributed by atoms with E-state index in [9.17, 15) is 13.2 Å². The molecule has 2 N–H and O–H groups in total. The summed E-state index contributed by atoms with van der Waals surface area (Å²) in [6.45, 7) is 2.36. The number of carbonyl (C=O) groups is 1. The SMILES string of the molecule is CSCCC(NS(=O)(=O)/C=C/c1ccccc1)C(=O)NCc1ccc(C)cc1. The fraction of sp³-hybridized carbons (Fsp3) is 0.286. The van der Waals surface area contributed by atoms with Crippen molar-refractivity contribution >= 4 is 33.8 Å². The summed E-state index contributed by atoms with van der Waals surface area (Å²) in [6, 6.07) is 16.2. The van der Waals surface area contributed by atoms with Gasteiger partial charge in [-0.1, -0.05) is 60.2 Å². The third-order valence-corrected chi connectivity index (χ3v) is 5.81. The topological polar surface area (TPSA) is 75.3 Å². The highest BCUT2D eigenvalue weighted by atomic mass is 32.2. The molecule has 1 atom stereocenters. The first-order valence-corrected chi connectivity index (χ1v) is 11.9. The van der Waals surface area contributed by atoms with Crippen molar-refractivity contribution in [3.63, 3.8) is 0 Å². The van der Waals surface area contributed by atoms with Crippen LogP contribution in [0, 0.1) is 6.92 Å². The average Bonchev–Trinajstić information content (AvgIpc) is 2.70. The summed E-state index contributed by atoms with van der Waals surface area (Å²) in [6.07, 6.45) is 3.85. The van der Waals surface area contributed by atoms with Crippen LogP contribution in [0.1, 0.15) is 23.1 Å². The lowest BCUT2D eigenvalue weighted by atomic mass is 10.1.